The van der Waals surface area contributed by atoms with E-state index in [2.05, 4.69) is 25.3 Å². The maximum Gasteiger partial charge on any atom is 0.416 e. The van der Waals surface area contributed by atoms with Gasteiger partial charge in [0.25, 0.3) is 5.91 Å². The normalized spacial score (nSPS) is 13.0. The van der Waals surface area contributed by atoms with Gasteiger partial charge in [-0.2, -0.15) is 26.3 Å². The summed E-state index contributed by atoms with van der Waals surface area (Å²) in [4.78, 5) is 30.0. The van der Waals surface area contributed by atoms with Gasteiger partial charge in [0.2, 0.25) is 0 Å². The number of aromatic nitrogens is 4. The second kappa shape index (κ2) is 8.93. The van der Waals surface area contributed by atoms with E-state index in [1.807, 2.05) is 0 Å². The van der Waals surface area contributed by atoms with Gasteiger partial charge in [0.15, 0.2) is 0 Å². The first-order chi connectivity index (χ1) is 16.4. The van der Waals surface area contributed by atoms with Crippen LogP contribution in [0.1, 0.15) is 40.1 Å². The van der Waals surface area contributed by atoms with E-state index >= 15 is 0 Å². The fraction of sp³-hybridized carbons (Fsp3) is 0.174. The highest BCUT2D eigenvalue weighted by molar-refractivity contribution is 5.95. The molecule has 0 saturated carbocycles. The lowest BCUT2D eigenvalue weighted by Crippen LogP contribution is -2.28. The summed E-state index contributed by atoms with van der Waals surface area (Å²) in [6, 6.07) is 6.57. The van der Waals surface area contributed by atoms with Crippen molar-refractivity contribution in [1.82, 2.24) is 25.3 Å². The number of para-hydroxylation sites is 2. The molecule has 1 amide bonds. The van der Waals surface area contributed by atoms with Gasteiger partial charge >= 0.3 is 12.4 Å². The van der Waals surface area contributed by atoms with Crippen LogP contribution in [0.15, 0.2) is 61.1 Å². The van der Waals surface area contributed by atoms with E-state index < -0.39 is 41.0 Å². The van der Waals surface area contributed by atoms with Crippen LogP contribution in [0.4, 0.5) is 26.3 Å². The average Bonchev–Trinajstić information content (AvgIpc) is 2.82. The summed E-state index contributed by atoms with van der Waals surface area (Å²) in [7, 11) is 0. The number of amides is 1. The third kappa shape index (κ3) is 5.20. The van der Waals surface area contributed by atoms with Crippen LogP contribution in [0.5, 0.6) is 0 Å². The molecule has 0 spiro atoms. The molecule has 2 aromatic carbocycles. The molecule has 2 heterocycles. The number of hydrogen-bond acceptors (Lipinski definition) is 5. The van der Waals surface area contributed by atoms with E-state index in [0.717, 1.165) is 0 Å². The molecule has 0 unspecified atom stereocenters. The minimum Gasteiger partial charge on any atom is -0.344 e. The van der Waals surface area contributed by atoms with Gasteiger partial charge in [0, 0.05) is 18.0 Å². The Morgan fingerprint density at radius 1 is 0.886 bits per heavy atom. The Kier molecular flexibility index (Phi) is 6.14. The Labute approximate surface area is 194 Å². The van der Waals surface area contributed by atoms with E-state index in [-0.39, 0.29) is 17.5 Å². The quantitative estimate of drug-likeness (QED) is 0.375. The van der Waals surface area contributed by atoms with Crippen molar-refractivity contribution in [3.63, 3.8) is 0 Å². The van der Waals surface area contributed by atoms with Crippen LogP contribution in [0.3, 0.4) is 0 Å². The Bertz CT molecular complexity index is 1360. The Hall–Kier alpha value is -4.09. The number of benzene rings is 2. The summed E-state index contributed by atoms with van der Waals surface area (Å²) in [5.41, 5.74) is -2.20. The fourth-order valence-electron chi connectivity index (χ4n) is 3.36. The van der Waals surface area contributed by atoms with Crippen LogP contribution in [0, 0.1) is 0 Å². The van der Waals surface area contributed by atoms with Crippen LogP contribution in [-0.4, -0.2) is 25.8 Å². The van der Waals surface area contributed by atoms with Crippen LogP contribution in [-0.2, 0) is 12.4 Å². The molecule has 2 aromatic heterocycles. The van der Waals surface area contributed by atoms with Gasteiger partial charge in [0.1, 0.15) is 11.4 Å². The fourth-order valence-corrected chi connectivity index (χ4v) is 3.36. The molecule has 180 valence electrons. The van der Waals surface area contributed by atoms with Crippen molar-refractivity contribution < 1.29 is 31.1 Å². The number of carbonyl (C=O) groups excluding carboxylic acids is 1. The van der Waals surface area contributed by atoms with E-state index in [9.17, 15) is 31.1 Å². The van der Waals surface area contributed by atoms with Crippen LogP contribution in [0.2, 0.25) is 0 Å². The Balaban J connectivity index is 1.74. The molecule has 35 heavy (non-hydrogen) atoms. The molecule has 0 aliphatic rings. The molecule has 0 bridgehead atoms. The second-order valence-electron chi connectivity index (χ2n) is 7.53. The standard InChI is InChI=1S/C23H15F6N5O/c1-12(32-21(35)13-8-14(22(24,25)26)10-15(9-13)23(27,28)29)19-20(18-11-30-6-7-31-18)34-17-5-3-2-4-16(17)33-19/h2-12H,1H3,(H,32,35)/t12-/m0/s1. The Morgan fingerprint density at radius 3 is 2.03 bits per heavy atom. The smallest absolute Gasteiger partial charge is 0.344 e. The van der Waals surface area contributed by atoms with Crippen LogP contribution >= 0.6 is 0 Å². The molecule has 0 aliphatic carbocycles. The van der Waals surface area contributed by atoms with Crippen molar-refractivity contribution in [2.75, 3.05) is 0 Å². The molecule has 0 fully saturated rings. The van der Waals surface area contributed by atoms with Crippen LogP contribution in [0.25, 0.3) is 22.4 Å². The molecule has 1 N–H and O–H groups in total. The zero-order chi connectivity index (χ0) is 25.4. The van der Waals surface area contributed by atoms with E-state index in [1.165, 1.54) is 25.5 Å². The summed E-state index contributed by atoms with van der Waals surface area (Å²) in [6.45, 7) is 1.48. The lowest BCUT2D eigenvalue weighted by Gasteiger charge is -2.18. The minimum absolute atomic E-state index is 0.0405. The number of rotatable bonds is 4. The van der Waals surface area contributed by atoms with Gasteiger partial charge in [-0.1, -0.05) is 12.1 Å². The highest BCUT2D eigenvalue weighted by Gasteiger charge is 2.37. The second-order valence-corrected chi connectivity index (χ2v) is 7.53. The van der Waals surface area contributed by atoms with E-state index in [1.54, 1.807) is 24.3 Å². The van der Waals surface area contributed by atoms with Crippen molar-refractivity contribution in [2.24, 2.45) is 0 Å². The summed E-state index contributed by atoms with van der Waals surface area (Å²) in [6.07, 6.45) is -5.88. The molecule has 12 heteroatoms. The zero-order valence-corrected chi connectivity index (χ0v) is 17.8. The maximum atomic E-state index is 13.2. The molecule has 1 atom stereocenters. The lowest BCUT2D eigenvalue weighted by molar-refractivity contribution is -0.143. The number of nitrogens with one attached hydrogen (secondary N) is 1. The highest BCUT2D eigenvalue weighted by atomic mass is 19.4. The topological polar surface area (TPSA) is 80.7 Å². The molecular weight excluding hydrogens is 476 g/mol. The predicted octanol–water partition coefficient (Wildman–Crippen LogP) is 5.62. The highest BCUT2D eigenvalue weighted by Crippen LogP contribution is 2.36. The Morgan fingerprint density at radius 2 is 1.49 bits per heavy atom. The lowest BCUT2D eigenvalue weighted by atomic mass is 10.0. The molecule has 6 nitrogen and oxygen atoms in total. The predicted molar refractivity (Wildman–Crippen MR) is 113 cm³/mol. The number of alkyl halides is 6. The van der Waals surface area contributed by atoms with Crippen molar-refractivity contribution >= 4 is 16.9 Å². The third-order valence-corrected chi connectivity index (χ3v) is 5.01. The number of hydrogen-bond donors (Lipinski definition) is 1. The van der Waals surface area contributed by atoms with Gasteiger partial charge in [-0.25, -0.2) is 9.97 Å². The maximum absolute atomic E-state index is 13.2. The van der Waals surface area contributed by atoms with E-state index in [0.29, 0.717) is 28.9 Å². The van der Waals surface area contributed by atoms with Crippen molar-refractivity contribution in [2.45, 2.75) is 25.3 Å². The van der Waals surface area contributed by atoms with Crippen molar-refractivity contribution in [1.29, 1.82) is 0 Å². The average molecular weight is 491 g/mol. The third-order valence-electron chi connectivity index (χ3n) is 5.01. The first kappa shape index (κ1) is 24.0. The van der Waals surface area contributed by atoms with Gasteiger partial charge in [-0.15, -0.1) is 0 Å². The molecule has 0 aliphatic heterocycles. The summed E-state index contributed by atoms with van der Waals surface area (Å²) >= 11 is 0. The molecule has 4 rings (SSSR count). The SMILES string of the molecule is C[C@H](NC(=O)c1cc(C(F)(F)F)cc(C(F)(F)F)c1)c1nc2ccccc2nc1-c1cnccn1. The minimum atomic E-state index is -5.08. The van der Waals surface area contributed by atoms with Gasteiger partial charge in [-0.05, 0) is 37.3 Å². The largest absolute Gasteiger partial charge is 0.416 e. The number of nitrogens with zero attached hydrogens (tertiary/aromatic N) is 4. The number of fused-ring (bicyclic) bond motifs is 1. The van der Waals surface area contributed by atoms with Gasteiger partial charge in [0.05, 0.1) is 40.1 Å². The van der Waals surface area contributed by atoms with Gasteiger partial charge in [-0.3, -0.25) is 14.8 Å². The summed E-state index contributed by atoms with van der Waals surface area (Å²) < 4.78 is 79.1. The zero-order valence-electron chi connectivity index (χ0n) is 17.8. The number of halogens is 6. The summed E-state index contributed by atoms with van der Waals surface area (Å²) in [5.74, 6) is -1.14. The molecule has 0 radical (unpaired) electrons. The van der Waals surface area contributed by atoms with Gasteiger partial charge < -0.3 is 5.32 Å². The van der Waals surface area contributed by atoms with Crippen LogP contribution < -0.4 is 5.32 Å². The first-order valence-corrected chi connectivity index (χ1v) is 10.1. The van der Waals surface area contributed by atoms with Crippen molar-refractivity contribution in [3.05, 3.63) is 83.4 Å². The monoisotopic (exact) mass is 491 g/mol. The molecule has 4 aromatic rings. The molecule has 0 saturated heterocycles. The molecular formula is C23H15F6N5O. The van der Waals surface area contributed by atoms with E-state index in [4.69, 9.17) is 0 Å². The van der Waals surface area contributed by atoms with Crippen molar-refractivity contribution in [3.8, 4) is 11.4 Å². The number of carbonyl (C=O) groups is 1. The summed E-state index contributed by atoms with van der Waals surface area (Å²) in [5, 5.41) is 2.42. The first-order valence-electron chi connectivity index (χ1n) is 10.1.